The molecule has 1 rings (SSSR count). The van der Waals surface area contributed by atoms with Gasteiger partial charge in [0.25, 0.3) is 0 Å². The Bertz CT molecular complexity index is 181. The van der Waals surface area contributed by atoms with Crippen molar-refractivity contribution < 1.29 is 14.3 Å². The molecule has 1 aliphatic rings. The highest BCUT2D eigenvalue weighted by molar-refractivity contribution is 5.79. The summed E-state index contributed by atoms with van der Waals surface area (Å²) in [5.74, 6) is -0.389. The van der Waals surface area contributed by atoms with E-state index in [2.05, 4.69) is 5.32 Å². The molecule has 1 aliphatic heterocycles. The summed E-state index contributed by atoms with van der Waals surface area (Å²) in [6.45, 7) is 1.68. The van der Waals surface area contributed by atoms with Gasteiger partial charge in [-0.05, 0) is 19.9 Å². The third-order valence-electron chi connectivity index (χ3n) is 2.30. The number of rotatable bonds is 6. The Kier molecular flexibility index (Phi) is 4.86. The summed E-state index contributed by atoms with van der Waals surface area (Å²) in [6, 6.07) is -0.406. The third-order valence-corrected chi connectivity index (χ3v) is 2.30. The molecule has 0 aromatic rings. The molecule has 82 valence electrons. The fourth-order valence-corrected chi connectivity index (χ4v) is 1.40. The van der Waals surface area contributed by atoms with Crippen molar-refractivity contribution in [3.8, 4) is 0 Å². The van der Waals surface area contributed by atoms with Crippen LogP contribution in [-0.4, -0.2) is 44.9 Å². The number of amides is 1. The topological polar surface area (TPSA) is 73.6 Å². The number of likely N-dealkylation sites (N-methyl/N-ethyl adjacent to an activating group) is 1. The van der Waals surface area contributed by atoms with Gasteiger partial charge in [-0.3, -0.25) is 4.79 Å². The first kappa shape index (κ1) is 11.4. The monoisotopic (exact) mass is 202 g/mol. The fourth-order valence-electron chi connectivity index (χ4n) is 1.40. The Morgan fingerprint density at radius 1 is 1.79 bits per heavy atom. The van der Waals surface area contributed by atoms with Gasteiger partial charge in [0.1, 0.15) is 6.04 Å². The van der Waals surface area contributed by atoms with Gasteiger partial charge < -0.3 is 20.5 Å². The summed E-state index contributed by atoms with van der Waals surface area (Å²) >= 11 is 0. The Labute approximate surface area is 83.9 Å². The van der Waals surface area contributed by atoms with Crippen molar-refractivity contribution in [1.29, 1.82) is 0 Å². The van der Waals surface area contributed by atoms with Crippen LogP contribution in [0.4, 0.5) is 0 Å². The van der Waals surface area contributed by atoms with Gasteiger partial charge in [-0.25, -0.2) is 0 Å². The molecule has 1 amide bonds. The van der Waals surface area contributed by atoms with E-state index in [1.54, 1.807) is 7.05 Å². The Morgan fingerprint density at radius 3 is 3.07 bits per heavy atom. The van der Waals surface area contributed by atoms with Crippen LogP contribution in [0.25, 0.3) is 0 Å². The van der Waals surface area contributed by atoms with Crippen LogP contribution in [0.2, 0.25) is 0 Å². The molecule has 1 heterocycles. The second kappa shape index (κ2) is 5.95. The highest BCUT2D eigenvalue weighted by Gasteiger charge is 2.17. The van der Waals surface area contributed by atoms with Crippen LogP contribution >= 0.6 is 0 Å². The summed E-state index contributed by atoms with van der Waals surface area (Å²) < 4.78 is 10.7. The second-order valence-corrected chi connectivity index (χ2v) is 3.42. The molecule has 2 atom stereocenters. The van der Waals surface area contributed by atoms with Gasteiger partial charge in [0.15, 0.2) is 0 Å². The molecule has 0 aromatic heterocycles. The van der Waals surface area contributed by atoms with Gasteiger partial charge in [0.05, 0.1) is 19.3 Å². The van der Waals surface area contributed by atoms with E-state index in [-0.39, 0.29) is 12.0 Å². The number of ether oxygens (including phenoxy) is 2. The standard InChI is InChI=1S/C9H18N2O3/c1-11-8(9(10)12)6-13-5-7-3-2-4-14-7/h7-8,11H,2-6H2,1H3,(H2,10,12). The Morgan fingerprint density at radius 2 is 2.57 bits per heavy atom. The van der Waals surface area contributed by atoms with Gasteiger partial charge in [0.2, 0.25) is 5.91 Å². The van der Waals surface area contributed by atoms with E-state index < -0.39 is 6.04 Å². The molecule has 0 aliphatic carbocycles. The van der Waals surface area contributed by atoms with E-state index in [4.69, 9.17) is 15.2 Å². The van der Waals surface area contributed by atoms with Gasteiger partial charge >= 0.3 is 0 Å². The molecule has 2 unspecified atom stereocenters. The number of hydrogen-bond donors (Lipinski definition) is 2. The number of hydrogen-bond acceptors (Lipinski definition) is 4. The number of nitrogens with two attached hydrogens (primary N) is 1. The lowest BCUT2D eigenvalue weighted by Gasteiger charge is -2.14. The Hall–Kier alpha value is -0.650. The predicted octanol–water partition coefficient (Wildman–Crippen LogP) is -0.745. The third kappa shape index (κ3) is 3.61. The van der Waals surface area contributed by atoms with Crippen molar-refractivity contribution in [1.82, 2.24) is 5.32 Å². The van der Waals surface area contributed by atoms with Crippen LogP contribution in [-0.2, 0) is 14.3 Å². The maximum absolute atomic E-state index is 10.8. The van der Waals surface area contributed by atoms with E-state index in [1.165, 1.54) is 0 Å². The molecule has 1 fully saturated rings. The van der Waals surface area contributed by atoms with Crippen LogP contribution in [0.3, 0.4) is 0 Å². The molecule has 5 nitrogen and oxygen atoms in total. The van der Waals surface area contributed by atoms with E-state index >= 15 is 0 Å². The summed E-state index contributed by atoms with van der Waals surface area (Å²) in [4.78, 5) is 10.8. The molecule has 5 heteroatoms. The van der Waals surface area contributed by atoms with Gasteiger partial charge in [-0.2, -0.15) is 0 Å². The predicted molar refractivity (Wildman–Crippen MR) is 51.8 cm³/mol. The van der Waals surface area contributed by atoms with Crippen LogP contribution in [0.15, 0.2) is 0 Å². The van der Waals surface area contributed by atoms with E-state index in [0.29, 0.717) is 13.2 Å². The highest BCUT2D eigenvalue weighted by Crippen LogP contribution is 2.11. The lowest BCUT2D eigenvalue weighted by Crippen LogP contribution is -2.43. The van der Waals surface area contributed by atoms with Crippen LogP contribution in [0, 0.1) is 0 Å². The first-order valence-electron chi connectivity index (χ1n) is 4.90. The molecule has 0 radical (unpaired) electrons. The quantitative estimate of drug-likeness (QED) is 0.594. The summed E-state index contributed by atoms with van der Waals surface area (Å²) in [6.07, 6.45) is 2.33. The number of carbonyl (C=O) groups is 1. The number of nitrogens with one attached hydrogen (secondary N) is 1. The van der Waals surface area contributed by atoms with Crippen LogP contribution in [0.1, 0.15) is 12.8 Å². The Balaban J connectivity index is 2.09. The molecular weight excluding hydrogens is 184 g/mol. The zero-order valence-electron chi connectivity index (χ0n) is 8.49. The summed E-state index contributed by atoms with van der Waals surface area (Å²) in [5.41, 5.74) is 5.13. The zero-order chi connectivity index (χ0) is 10.4. The molecule has 0 bridgehead atoms. The van der Waals surface area contributed by atoms with E-state index in [1.807, 2.05) is 0 Å². The zero-order valence-corrected chi connectivity index (χ0v) is 8.49. The molecule has 0 saturated carbocycles. The average Bonchev–Trinajstić information content (AvgIpc) is 2.64. The first-order chi connectivity index (χ1) is 6.74. The van der Waals surface area contributed by atoms with E-state index in [9.17, 15) is 4.79 Å². The van der Waals surface area contributed by atoms with Crippen molar-refractivity contribution in [3.05, 3.63) is 0 Å². The van der Waals surface area contributed by atoms with Gasteiger partial charge in [-0.1, -0.05) is 0 Å². The average molecular weight is 202 g/mol. The first-order valence-corrected chi connectivity index (χ1v) is 4.90. The summed E-state index contributed by atoms with van der Waals surface area (Å²) in [7, 11) is 1.69. The normalized spacial score (nSPS) is 23.6. The molecule has 0 aromatic carbocycles. The SMILES string of the molecule is CNC(COCC1CCCO1)C(N)=O. The van der Waals surface area contributed by atoms with Crippen molar-refractivity contribution in [2.45, 2.75) is 25.0 Å². The maximum Gasteiger partial charge on any atom is 0.236 e. The van der Waals surface area contributed by atoms with Gasteiger partial charge in [-0.15, -0.1) is 0 Å². The lowest BCUT2D eigenvalue weighted by molar-refractivity contribution is -0.121. The molecule has 14 heavy (non-hydrogen) atoms. The smallest absolute Gasteiger partial charge is 0.236 e. The van der Waals surface area contributed by atoms with Crippen LogP contribution < -0.4 is 11.1 Å². The lowest BCUT2D eigenvalue weighted by atomic mass is 10.2. The molecule has 0 spiro atoms. The van der Waals surface area contributed by atoms with E-state index in [0.717, 1.165) is 19.4 Å². The molecule has 3 N–H and O–H groups in total. The highest BCUT2D eigenvalue weighted by atomic mass is 16.5. The minimum atomic E-state index is -0.406. The van der Waals surface area contributed by atoms with Gasteiger partial charge in [0, 0.05) is 6.61 Å². The largest absolute Gasteiger partial charge is 0.377 e. The summed E-state index contributed by atoms with van der Waals surface area (Å²) in [5, 5.41) is 2.79. The van der Waals surface area contributed by atoms with Crippen molar-refractivity contribution in [3.63, 3.8) is 0 Å². The van der Waals surface area contributed by atoms with Crippen LogP contribution in [0.5, 0.6) is 0 Å². The maximum atomic E-state index is 10.8. The minimum absolute atomic E-state index is 0.195. The molecule has 1 saturated heterocycles. The van der Waals surface area contributed by atoms with Crippen molar-refractivity contribution in [2.75, 3.05) is 26.9 Å². The second-order valence-electron chi connectivity index (χ2n) is 3.42. The number of primary amides is 1. The fraction of sp³-hybridized carbons (Fsp3) is 0.889. The van der Waals surface area contributed by atoms with Crippen molar-refractivity contribution in [2.24, 2.45) is 5.73 Å². The number of carbonyl (C=O) groups excluding carboxylic acids is 1. The van der Waals surface area contributed by atoms with Crippen molar-refractivity contribution >= 4 is 5.91 Å². The molecular formula is C9H18N2O3. The minimum Gasteiger partial charge on any atom is -0.377 e.